The number of benzene rings is 1. The van der Waals surface area contributed by atoms with Crippen molar-refractivity contribution in [1.29, 1.82) is 0 Å². The summed E-state index contributed by atoms with van der Waals surface area (Å²) in [5.41, 5.74) is 6.72. The van der Waals surface area contributed by atoms with E-state index in [4.69, 9.17) is 5.73 Å². The normalized spacial score (nSPS) is 23.6. The Hall–Kier alpha value is -2.15. The molecule has 1 aromatic rings. The summed E-state index contributed by atoms with van der Waals surface area (Å²) in [5.74, 6) is -1.60. The van der Waals surface area contributed by atoms with Crippen LogP contribution in [0.15, 0.2) is 18.2 Å². The predicted molar refractivity (Wildman–Crippen MR) is 94.8 cm³/mol. The zero-order valence-electron chi connectivity index (χ0n) is 14.5. The van der Waals surface area contributed by atoms with Crippen LogP contribution in [0.5, 0.6) is 0 Å². The molecular formula is C18H25FN4O2. The highest BCUT2D eigenvalue weighted by atomic mass is 19.1. The smallest absolute Gasteiger partial charge is 0.313 e. The summed E-state index contributed by atoms with van der Waals surface area (Å²) in [6.07, 6.45) is 3.29. The van der Waals surface area contributed by atoms with Crippen LogP contribution in [-0.4, -0.2) is 48.9 Å². The van der Waals surface area contributed by atoms with Crippen LogP contribution in [0.4, 0.5) is 15.8 Å². The van der Waals surface area contributed by atoms with Gasteiger partial charge in [0.05, 0.1) is 5.69 Å². The van der Waals surface area contributed by atoms with Crippen molar-refractivity contribution in [3.63, 3.8) is 0 Å². The SMILES string of the molecule is CC1CN(C(=O)C(=O)Nc2ccc(N3CCCCC3)c(F)c2)CC1N. The number of hydrogen-bond acceptors (Lipinski definition) is 4. The lowest BCUT2D eigenvalue weighted by Gasteiger charge is -2.29. The van der Waals surface area contributed by atoms with E-state index in [0.717, 1.165) is 25.9 Å². The number of rotatable bonds is 2. The molecule has 2 amide bonds. The second-order valence-electron chi connectivity index (χ2n) is 7.02. The Morgan fingerprint density at radius 2 is 1.92 bits per heavy atom. The molecule has 136 valence electrons. The number of likely N-dealkylation sites (tertiary alicyclic amines) is 1. The largest absolute Gasteiger partial charge is 0.369 e. The van der Waals surface area contributed by atoms with Crippen LogP contribution in [0.25, 0.3) is 0 Å². The topological polar surface area (TPSA) is 78.7 Å². The summed E-state index contributed by atoms with van der Waals surface area (Å²) >= 11 is 0. The van der Waals surface area contributed by atoms with Crippen LogP contribution in [0.2, 0.25) is 0 Å². The van der Waals surface area contributed by atoms with Crippen molar-refractivity contribution in [3.05, 3.63) is 24.0 Å². The van der Waals surface area contributed by atoms with Gasteiger partial charge in [-0.3, -0.25) is 9.59 Å². The first-order valence-electron chi connectivity index (χ1n) is 8.86. The van der Waals surface area contributed by atoms with Crippen LogP contribution in [0.3, 0.4) is 0 Å². The third-order valence-electron chi connectivity index (χ3n) is 5.05. The third-order valence-corrected chi connectivity index (χ3v) is 5.05. The molecule has 3 N–H and O–H groups in total. The van der Waals surface area contributed by atoms with Crippen molar-refractivity contribution in [2.45, 2.75) is 32.2 Å². The highest BCUT2D eigenvalue weighted by Crippen LogP contribution is 2.26. The third kappa shape index (κ3) is 3.92. The molecule has 0 spiro atoms. The first-order chi connectivity index (χ1) is 12.0. The Morgan fingerprint density at radius 1 is 1.20 bits per heavy atom. The molecule has 0 aromatic heterocycles. The Labute approximate surface area is 147 Å². The maximum absolute atomic E-state index is 14.4. The first kappa shape index (κ1) is 17.7. The summed E-state index contributed by atoms with van der Waals surface area (Å²) in [5, 5.41) is 2.49. The minimum absolute atomic E-state index is 0.113. The van der Waals surface area contributed by atoms with Crippen LogP contribution in [0.1, 0.15) is 26.2 Å². The van der Waals surface area contributed by atoms with Crippen LogP contribution in [-0.2, 0) is 9.59 Å². The van der Waals surface area contributed by atoms with Gasteiger partial charge in [-0.05, 0) is 43.4 Å². The number of carbonyl (C=O) groups is 2. The van der Waals surface area contributed by atoms with Gasteiger partial charge in [-0.25, -0.2) is 4.39 Å². The predicted octanol–water partition coefficient (Wildman–Crippen LogP) is 1.56. The Morgan fingerprint density at radius 3 is 2.52 bits per heavy atom. The van der Waals surface area contributed by atoms with E-state index >= 15 is 0 Å². The quantitative estimate of drug-likeness (QED) is 0.795. The van der Waals surface area contributed by atoms with Gasteiger partial charge in [0.2, 0.25) is 0 Å². The molecule has 25 heavy (non-hydrogen) atoms. The molecule has 0 aliphatic carbocycles. The average Bonchev–Trinajstić information content (AvgIpc) is 2.94. The minimum Gasteiger partial charge on any atom is -0.369 e. The van der Waals surface area contributed by atoms with Gasteiger partial charge >= 0.3 is 11.8 Å². The molecule has 0 bridgehead atoms. The number of nitrogens with zero attached hydrogens (tertiary/aromatic N) is 2. The zero-order valence-corrected chi connectivity index (χ0v) is 14.5. The molecular weight excluding hydrogens is 323 g/mol. The van der Waals surface area contributed by atoms with Crippen molar-refractivity contribution in [1.82, 2.24) is 4.90 Å². The number of nitrogens with one attached hydrogen (secondary N) is 1. The van der Waals surface area contributed by atoms with E-state index in [1.54, 1.807) is 12.1 Å². The molecule has 6 nitrogen and oxygen atoms in total. The molecule has 0 radical (unpaired) electrons. The van der Waals surface area contributed by atoms with Gasteiger partial charge in [0, 0.05) is 37.9 Å². The van der Waals surface area contributed by atoms with E-state index < -0.39 is 11.8 Å². The monoisotopic (exact) mass is 348 g/mol. The molecule has 2 fully saturated rings. The first-order valence-corrected chi connectivity index (χ1v) is 8.86. The number of anilines is 2. The van der Waals surface area contributed by atoms with Gasteiger partial charge in [-0.1, -0.05) is 6.92 Å². The van der Waals surface area contributed by atoms with Gasteiger partial charge in [-0.15, -0.1) is 0 Å². The van der Waals surface area contributed by atoms with Crippen molar-refractivity contribution < 1.29 is 14.0 Å². The molecule has 2 aliphatic heterocycles. The fraction of sp³-hybridized carbons (Fsp3) is 0.556. The summed E-state index contributed by atoms with van der Waals surface area (Å²) in [4.78, 5) is 27.8. The Bertz CT molecular complexity index is 650. The molecule has 2 heterocycles. The summed E-state index contributed by atoms with van der Waals surface area (Å²) in [6.45, 7) is 4.47. The molecule has 2 saturated heterocycles. The van der Waals surface area contributed by atoms with Crippen LogP contribution < -0.4 is 16.0 Å². The highest BCUT2D eigenvalue weighted by molar-refractivity contribution is 6.39. The van der Waals surface area contributed by atoms with E-state index in [-0.39, 0.29) is 23.5 Å². The van der Waals surface area contributed by atoms with E-state index in [9.17, 15) is 14.0 Å². The van der Waals surface area contributed by atoms with E-state index in [1.807, 2.05) is 11.8 Å². The van der Waals surface area contributed by atoms with Crippen LogP contribution in [0, 0.1) is 11.7 Å². The van der Waals surface area contributed by atoms with Gasteiger partial charge in [0.1, 0.15) is 5.82 Å². The lowest BCUT2D eigenvalue weighted by atomic mass is 10.1. The second kappa shape index (κ2) is 7.39. The lowest BCUT2D eigenvalue weighted by Crippen LogP contribution is -2.39. The van der Waals surface area contributed by atoms with Crippen molar-refractivity contribution in [2.75, 3.05) is 36.4 Å². The van der Waals surface area contributed by atoms with Crippen molar-refractivity contribution in [3.8, 4) is 0 Å². The summed E-state index contributed by atoms with van der Waals surface area (Å²) in [6, 6.07) is 4.46. The van der Waals surface area contributed by atoms with Gasteiger partial charge in [0.15, 0.2) is 0 Å². The zero-order chi connectivity index (χ0) is 18.0. The van der Waals surface area contributed by atoms with Gasteiger partial charge in [-0.2, -0.15) is 0 Å². The molecule has 2 aliphatic rings. The minimum atomic E-state index is -0.758. The number of carbonyl (C=O) groups excluding carboxylic acids is 2. The van der Waals surface area contributed by atoms with E-state index in [2.05, 4.69) is 5.32 Å². The van der Waals surface area contributed by atoms with Crippen molar-refractivity contribution >= 4 is 23.2 Å². The van der Waals surface area contributed by atoms with E-state index in [0.29, 0.717) is 18.8 Å². The van der Waals surface area contributed by atoms with Gasteiger partial charge < -0.3 is 20.9 Å². The number of piperidine rings is 1. The number of hydrogen-bond donors (Lipinski definition) is 2. The van der Waals surface area contributed by atoms with Crippen LogP contribution >= 0.6 is 0 Å². The molecule has 1 aromatic carbocycles. The Kier molecular flexibility index (Phi) is 5.22. The fourth-order valence-electron chi connectivity index (χ4n) is 3.46. The van der Waals surface area contributed by atoms with Crippen molar-refractivity contribution in [2.24, 2.45) is 11.7 Å². The second-order valence-corrected chi connectivity index (χ2v) is 7.02. The highest BCUT2D eigenvalue weighted by Gasteiger charge is 2.33. The van der Waals surface area contributed by atoms with E-state index in [1.165, 1.54) is 17.4 Å². The maximum atomic E-state index is 14.4. The fourth-order valence-corrected chi connectivity index (χ4v) is 3.46. The summed E-state index contributed by atoms with van der Waals surface area (Å²) < 4.78 is 14.4. The molecule has 2 unspecified atom stereocenters. The molecule has 0 saturated carbocycles. The number of amides is 2. The molecule has 3 rings (SSSR count). The standard InChI is InChI=1S/C18H25FN4O2/c1-12-10-23(11-15(12)20)18(25)17(24)21-13-5-6-16(14(19)9-13)22-7-3-2-4-8-22/h5-6,9,12,15H,2-4,7-8,10-11,20H2,1H3,(H,21,24). The Balaban J connectivity index is 1.63. The average molecular weight is 348 g/mol. The van der Waals surface area contributed by atoms with Gasteiger partial charge in [0.25, 0.3) is 0 Å². The summed E-state index contributed by atoms with van der Waals surface area (Å²) in [7, 11) is 0. The maximum Gasteiger partial charge on any atom is 0.313 e. The number of halogens is 1. The lowest BCUT2D eigenvalue weighted by molar-refractivity contribution is -0.142. The molecule has 7 heteroatoms. The molecule has 2 atom stereocenters. The number of nitrogens with two attached hydrogens (primary N) is 1.